The summed E-state index contributed by atoms with van der Waals surface area (Å²) in [6.07, 6.45) is 2.58. The van der Waals surface area contributed by atoms with Crippen molar-refractivity contribution in [2.24, 2.45) is 5.73 Å². The zero-order valence-corrected chi connectivity index (χ0v) is 12.8. The van der Waals surface area contributed by atoms with Gasteiger partial charge in [0.1, 0.15) is 0 Å². The van der Waals surface area contributed by atoms with Crippen molar-refractivity contribution in [2.75, 3.05) is 0 Å². The molecule has 108 valence electrons. The summed E-state index contributed by atoms with van der Waals surface area (Å²) in [6.45, 7) is 6.49. The highest BCUT2D eigenvalue weighted by molar-refractivity contribution is 5.85. The first-order valence-corrected chi connectivity index (χ1v) is 6.65. The summed E-state index contributed by atoms with van der Waals surface area (Å²) in [5, 5.41) is 2.93. The van der Waals surface area contributed by atoms with E-state index in [0.29, 0.717) is 13.0 Å². The molecule has 0 radical (unpaired) electrons. The minimum absolute atomic E-state index is 0. The van der Waals surface area contributed by atoms with Crippen molar-refractivity contribution in [1.82, 2.24) is 5.32 Å². The SMILES string of the molecule is CCCC(C)(N)C(=O)NCc1ccccc1CC.Cl. The molecule has 1 rings (SSSR count). The summed E-state index contributed by atoms with van der Waals surface area (Å²) < 4.78 is 0. The second kappa shape index (κ2) is 8.18. The number of benzene rings is 1. The first kappa shape index (κ1) is 17.9. The van der Waals surface area contributed by atoms with Gasteiger partial charge in [0.2, 0.25) is 5.91 Å². The molecule has 3 nitrogen and oxygen atoms in total. The van der Waals surface area contributed by atoms with Crippen LogP contribution in [0.3, 0.4) is 0 Å². The number of hydrogen-bond acceptors (Lipinski definition) is 2. The maximum absolute atomic E-state index is 12.0. The van der Waals surface area contributed by atoms with Crippen LogP contribution in [0.15, 0.2) is 24.3 Å². The summed E-state index contributed by atoms with van der Waals surface area (Å²) in [4.78, 5) is 12.0. The molecule has 1 atom stereocenters. The monoisotopic (exact) mass is 284 g/mol. The van der Waals surface area contributed by atoms with Gasteiger partial charge in [-0.05, 0) is 30.9 Å². The van der Waals surface area contributed by atoms with E-state index in [1.807, 2.05) is 25.1 Å². The third-order valence-corrected chi connectivity index (χ3v) is 3.23. The second-order valence-electron chi connectivity index (χ2n) is 4.97. The van der Waals surface area contributed by atoms with Crippen molar-refractivity contribution in [3.8, 4) is 0 Å². The van der Waals surface area contributed by atoms with E-state index in [-0.39, 0.29) is 18.3 Å². The smallest absolute Gasteiger partial charge is 0.240 e. The number of nitrogens with two attached hydrogens (primary N) is 1. The van der Waals surface area contributed by atoms with E-state index in [4.69, 9.17) is 5.73 Å². The number of carbonyl (C=O) groups excluding carboxylic acids is 1. The van der Waals surface area contributed by atoms with Gasteiger partial charge in [-0.2, -0.15) is 0 Å². The summed E-state index contributed by atoms with van der Waals surface area (Å²) in [5.41, 5.74) is 7.66. The van der Waals surface area contributed by atoms with Gasteiger partial charge in [-0.3, -0.25) is 4.79 Å². The Morgan fingerprint density at radius 3 is 2.37 bits per heavy atom. The maximum atomic E-state index is 12.0. The molecule has 1 aromatic rings. The van der Waals surface area contributed by atoms with Gasteiger partial charge < -0.3 is 11.1 Å². The molecule has 3 N–H and O–H groups in total. The molecule has 0 aliphatic heterocycles. The number of rotatable bonds is 6. The van der Waals surface area contributed by atoms with E-state index < -0.39 is 5.54 Å². The van der Waals surface area contributed by atoms with Gasteiger partial charge in [0.15, 0.2) is 0 Å². The van der Waals surface area contributed by atoms with Crippen molar-refractivity contribution in [1.29, 1.82) is 0 Å². The Hall–Kier alpha value is -1.06. The molecule has 0 aromatic heterocycles. The Bertz CT molecular complexity index is 405. The highest BCUT2D eigenvalue weighted by Gasteiger charge is 2.26. The van der Waals surface area contributed by atoms with Crippen LogP contribution in [-0.4, -0.2) is 11.4 Å². The lowest BCUT2D eigenvalue weighted by atomic mass is 9.96. The number of aryl methyl sites for hydroxylation is 1. The lowest BCUT2D eigenvalue weighted by molar-refractivity contribution is -0.126. The topological polar surface area (TPSA) is 55.1 Å². The van der Waals surface area contributed by atoms with E-state index in [9.17, 15) is 4.79 Å². The number of halogens is 1. The summed E-state index contributed by atoms with van der Waals surface area (Å²) in [6, 6.07) is 8.16. The Morgan fingerprint density at radius 2 is 1.84 bits per heavy atom. The molecule has 19 heavy (non-hydrogen) atoms. The molecule has 0 aliphatic rings. The zero-order valence-electron chi connectivity index (χ0n) is 12.0. The summed E-state index contributed by atoms with van der Waals surface area (Å²) >= 11 is 0. The predicted octanol–water partition coefficient (Wildman–Crippen LogP) is 2.80. The van der Waals surface area contributed by atoms with E-state index in [0.717, 1.165) is 12.8 Å². The van der Waals surface area contributed by atoms with Crippen LogP contribution in [0.2, 0.25) is 0 Å². The van der Waals surface area contributed by atoms with Crippen LogP contribution in [0.4, 0.5) is 0 Å². The number of hydrogen-bond donors (Lipinski definition) is 2. The van der Waals surface area contributed by atoms with E-state index >= 15 is 0 Å². The summed E-state index contributed by atoms with van der Waals surface area (Å²) in [5.74, 6) is -0.0738. The maximum Gasteiger partial charge on any atom is 0.240 e. The van der Waals surface area contributed by atoms with Gasteiger partial charge in [-0.25, -0.2) is 0 Å². The zero-order chi connectivity index (χ0) is 13.6. The van der Waals surface area contributed by atoms with Gasteiger partial charge in [0.25, 0.3) is 0 Å². The molecule has 4 heteroatoms. The van der Waals surface area contributed by atoms with Crippen molar-refractivity contribution in [3.05, 3.63) is 35.4 Å². The highest BCUT2D eigenvalue weighted by Crippen LogP contribution is 2.11. The minimum atomic E-state index is -0.768. The molecule has 0 fully saturated rings. The van der Waals surface area contributed by atoms with Crippen molar-refractivity contribution < 1.29 is 4.79 Å². The van der Waals surface area contributed by atoms with Crippen LogP contribution < -0.4 is 11.1 Å². The molecule has 0 aliphatic carbocycles. The number of carbonyl (C=O) groups is 1. The van der Waals surface area contributed by atoms with Crippen LogP contribution in [0.1, 0.15) is 44.7 Å². The average Bonchev–Trinajstić information content (AvgIpc) is 2.36. The van der Waals surface area contributed by atoms with Crippen LogP contribution in [0.5, 0.6) is 0 Å². The molecule has 0 saturated carbocycles. The lowest BCUT2D eigenvalue weighted by Crippen LogP contribution is -2.51. The van der Waals surface area contributed by atoms with Crippen LogP contribution >= 0.6 is 12.4 Å². The van der Waals surface area contributed by atoms with Crippen LogP contribution in [0.25, 0.3) is 0 Å². The molecule has 0 bridgehead atoms. The van der Waals surface area contributed by atoms with Gasteiger partial charge in [0, 0.05) is 6.54 Å². The van der Waals surface area contributed by atoms with Crippen molar-refractivity contribution >= 4 is 18.3 Å². The molecule has 0 saturated heterocycles. The van der Waals surface area contributed by atoms with Crippen LogP contribution in [-0.2, 0) is 17.8 Å². The van der Waals surface area contributed by atoms with Crippen LogP contribution in [0, 0.1) is 0 Å². The Labute approximate surface area is 122 Å². The fourth-order valence-electron chi connectivity index (χ4n) is 2.09. The quantitative estimate of drug-likeness (QED) is 0.844. The normalized spacial score (nSPS) is 13.3. The summed E-state index contributed by atoms with van der Waals surface area (Å²) in [7, 11) is 0. The number of amides is 1. The van der Waals surface area contributed by atoms with E-state index in [2.05, 4.69) is 18.3 Å². The second-order valence-corrected chi connectivity index (χ2v) is 4.97. The molecule has 1 unspecified atom stereocenters. The minimum Gasteiger partial charge on any atom is -0.350 e. The molecule has 1 amide bonds. The fraction of sp³-hybridized carbons (Fsp3) is 0.533. The van der Waals surface area contributed by atoms with E-state index in [1.54, 1.807) is 6.92 Å². The standard InChI is InChI=1S/C15H24N2O.ClH/c1-4-10-15(3,16)14(18)17-11-13-9-7-6-8-12(13)5-2;/h6-9H,4-5,10-11,16H2,1-3H3,(H,17,18);1H. The molecular formula is C15H25ClN2O. The van der Waals surface area contributed by atoms with E-state index in [1.165, 1.54) is 11.1 Å². The van der Waals surface area contributed by atoms with Gasteiger partial charge >= 0.3 is 0 Å². The first-order chi connectivity index (χ1) is 8.51. The number of nitrogens with one attached hydrogen (secondary N) is 1. The lowest BCUT2D eigenvalue weighted by Gasteiger charge is -2.23. The molecule has 0 heterocycles. The molecule has 1 aromatic carbocycles. The van der Waals surface area contributed by atoms with Gasteiger partial charge in [-0.1, -0.05) is 44.5 Å². The third kappa shape index (κ3) is 5.21. The molecule has 0 spiro atoms. The first-order valence-electron chi connectivity index (χ1n) is 6.65. The van der Waals surface area contributed by atoms with Crippen molar-refractivity contribution in [3.63, 3.8) is 0 Å². The Kier molecular flexibility index (Phi) is 7.72. The average molecular weight is 285 g/mol. The van der Waals surface area contributed by atoms with Crippen molar-refractivity contribution in [2.45, 2.75) is 52.1 Å². The Balaban J connectivity index is 0.00000324. The highest BCUT2D eigenvalue weighted by atomic mass is 35.5. The van der Waals surface area contributed by atoms with Gasteiger partial charge in [0.05, 0.1) is 5.54 Å². The predicted molar refractivity (Wildman–Crippen MR) is 82.4 cm³/mol. The molecular weight excluding hydrogens is 260 g/mol. The Morgan fingerprint density at radius 1 is 1.26 bits per heavy atom. The fourth-order valence-corrected chi connectivity index (χ4v) is 2.09. The largest absolute Gasteiger partial charge is 0.350 e. The van der Waals surface area contributed by atoms with Gasteiger partial charge in [-0.15, -0.1) is 12.4 Å². The third-order valence-electron chi connectivity index (χ3n) is 3.23.